The lowest BCUT2D eigenvalue weighted by molar-refractivity contribution is -0.118. The number of hydrogen-bond donors (Lipinski definition) is 3. The Bertz CT molecular complexity index is 752. The minimum Gasteiger partial charge on any atom is -0.355 e. The minimum atomic E-state index is 0.0612. The minimum absolute atomic E-state index is 0.0612. The largest absolute Gasteiger partial charge is 0.355 e. The number of hydrogen-bond acceptors (Lipinski definition) is 7. The zero-order chi connectivity index (χ0) is 19.5. The van der Waals surface area contributed by atoms with E-state index in [9.17, 15) is 4.79 Å². The van der Waals surface area contributed by atoms with Gasteiger partial charge in [-0.3, -0.25) is 10.2 Å². The topological polar surface area (TPSA) is 72.0 Å². The Balaban J connectivity index is 1.30. The van der Waals surface area contributed by atoms with Crippen molar-refractivity contribution in [2.24, 2.45) is 11.0 Å². The first-order valence-corrected chi connectivity index (χ1v) is 10.9. The molecule has 0 radical (unpaired) electrons. The molecule has 0 bridgehead atoms. The molecule has 1 fully saturated rings. The summed E-state index contributed by atoms with van der Waals surface area (Å²) in [6.07, 6.45) is 6.17. The van der Waals surface area contributed by atoms with Gasteiger partial charge in [0.1, 0.15) is 6.17 Å². The number of carbonyl (C=O) groups excluding carboxylic acids is 1. The summed E-state index contributed by atoms with van der Waals surface area (Å²) >= 11 is 1.48. The molecule has 0 saturated carbocycles. The third-order valence-electron chi connectivity index (χ3n) is 5.28. The van der Waals surface area contributed by atoms with Gasteiger partial charge in [0.15, 0.2) is 5.17 Å². The molecular weight excluding hydrogens is 372 g/mol. The second-order valence-corrected chi connectivity index (χ2v) is 8.74. The second kappa shape index (κ2) is 8.45. The molecule has 3 N–H and O–H groups in total. The molecule has 3 heterocycles. The Hall–Kier alpha value is -2.19. The molecule has 3 unspecified atom stereocenters. The zero-order valence-electron chi connectivity index (χ0n) is 16.3. The number of nitrogens with one attached hydrogen (secondary N) is 3. The molecule has 3 atom stereocenters. The fourth-order valence-electron chi connectivity index (χ4n) is 3.73. The van der Waals surface area contributed by atoms with Crippen molar-refractivity contribution in [2.45, 2.75) is 44.9 Å². The highest BCUT2D eigenvalue weighted by Crippen LogP contribution is 2.34. The summed E-state index contributed by atoms with van der Waals surface area (Å²) < 4.78 is 0. The molecule has 28 heavy (non-hydrogen) atoms. The van der Waals surface area contributed by atoms with Gasteiger partial charge in [-0.2, -0.15) is 5.10 Å². The zero-order valence-corrected chi connectivity index (χ0v) is 17.2. The molecule has 1 saturated heterocycles. The van der Waals surface area contributed by atoms with Gasteiger partial charge in [-0.1, -0.05) is 55.9 Å². The van der Waals surface area contributed by atoms with Gasteiger partial charge < -0.3 is 15.2 Å². The summed E-state index contributed by atoms with van der Waals surface area (Å²) in [5.41, 5.74) is 8.13. The second-order valence-electron chi connectivity index (χ2n) is 7.80. The van der Waals surface area contributed by atoms with E-state index in [1.165, 1.54) is 17.3 Å². The van der Waals surface area contributed by atoms with Gasteiger partial charge in [-0.25, -0.2) is 5.43 Å². The van der Waals surface area contributed by atoms with Crippen molar-refractivity contribution in [3.63, 3.8) is 0 Å². The van der Waals surface area contributed by atoms with Gasteiger partial charge >= 0.3 is 0 Å². The number of rotatable bonds is 6. The van der Waals surface area contributed by atoms with Gasteiger partial charge in [0.05, 0.1) is 17.8 Å². The number of nitrogens with zero attached hydrogens (tertiary/aromatic N) is 3. The molecule has 7 nitrogen and oxygen atoms in total. The number of amidine groups is 1. The van der Waals surface area contributed by atoms with E-state index in [1.54, 1.807) is 0 Å². The maximum absolute atomic E-state index is 12.1. The van der Waals surface area contributed by atoms with Crippen molar-refractivity contribution in [2.75, 3.05) is 12.3 Å². The maximum Gasteiger partial charge on any atom is 0.230 e. The van der Waals surface area contributed by atoms with Crippen molar-refractivity contribution in [3.8, 4) is 0 Å². The number of carbonyl (C=O) groups is 1. The molecule has 1 amide bonds. The van der Waals surface area contributed by atoms with Crippen molar-refractivity contribution in [1.82, 2.24) is 26.1 Å². The average Bonchev–Trinajstić information content (AvgIpc) is 3.30. The number of thioether (sulfide) groups is 1. The predicted octanol–water partition coefficient (Wildman–Crippen LogP) is 2.19. The molecule has 150 valence electrons. The summed E-state index contributed by atoms with van der Waals surface area (Å²) in [7, 11) is 0. The van der Waals surface area contributed by atoms with Gasteiger partial charge in [-0.15, -0.1) is 0 Å². The van der Waals surface area contributed by atoms with E-state index in [4.69, 9.17) is 0 Å². The lowest BCUT2D eigenvalue weighted by atomic mass is 10.00. The van der Waals surface area contributed by atoms with E-state index >= 15 is 0 Å². The lowest BCUT2D eigenvalue weighted by Gasteiger charge is -2.36. The fraction of sp³-hybridized carbons (Fsp3) is 0.500. The molecule has 0 spiro atoms. The fourth-order valence-corrected chi connectivity index (χ4v) is 4.54. The van der Waals surface area contributed by atoms with Crippen LogP contribution in [0.1, 0.15) is 38.3 Å². The van der Waals surface area contributed by atoms with Crippen LogP contribution in [0.5, 0.6) is 0 Å². The van der Waals surface area contributed by atoms with Gasteiger partial charge in [-0.05, 0) is 24.3 Å². The van der Waals surface area contributed by atoms with Crippen LogP contribution in [-0.4, -0.2) is 45.5 Å². The maximum atomic E-state index is 12.1. The summed E-state index contributed by atoms with van der Waals surface area (Å²) in [6, 6.07) is 11.1. The van der Waals surface area contributed by atoms with Crippen LogP contribution in [0.25, 0.3) is 0 Å². The number of fused-ring (bicyclic) bond motifs is 3. The molecule has 0 aromatic heterocycles. The molecule has 0 aliphatic carbocycles. The van der Waals surface area contributed by atoms with Gasteiger partial charge in [0.2, 0.25) is 5.91 Å². The number of amides is 1. The van der Waals surface area contributed by atoms with Crippen molar-refractivity contribution < 1.29 is 4.79 Å². The Morgan fingerprint density at radius 3 is 2.93 bits per heavy atom. The third-order valence-corrected chi connectivity index (χ3v) is 6.25. The predicted molar refractivity (Wildman–Crippen MR) is 113 cm³/mol. The standard InChI is InChI=1S/C20H28N6OS/c1-14(2)8-9-21-18(27)13-28-20-23-22-19-17-12-16(15-6-4-3-5-7-15)24-26(17)11-10-25(19)20/h3-7,10-11,14,16-17,19,22,24H,8-9,12-13H2,1-2H3,(H,21,27). The van der Waals surface area contributed by atoms with Crippen molar-refractivity contribution in [1.29, 1.82) is 0 Å². The summed E-state index contributed by atoms with van der Waals surface area (Å²) in [5, 5.41) is 10.5. The van der Waals surface area contributed by atoms with Crippen LogP contribution in [0, 0.1) is 5.92 Å². The van der Waals surface area contributed by atoms with E-state index in [0.717, 1.165) is 24.6 Å². The summed E-state index contributed by atoms with van der Waals surface area (Å²) in [6.45, 7) is 5.05. The molecule has 1 aromatic carbocycles. The van der Waals surface area contributed by atoms with Crippen LogP contribution in [0.3, 0.4) is 0 Å². The Labute approximate surface area is 170 Å². The lowest BCUT2D eigenvalue weighted by Crippen LogP contribution is -2.54. The average molecular weight is 401 g/mol. The Morgan fingerprint density at radius 1 is 1.32 bits per heavy atom. The molecule has 4 rings (SSSR count). The Kier molecular flexibility index (Phi) is 5.77. The number of benzene rings is 1. The van der Waals surface area contributed by atoms with Crippen LogP contribution in [0.15, 0.2) is 47.8 Å². The molecule has 3 aliphatic rings. The first-order chi connectivity index (χ1) is 13.6. The highest BCUT2D eigenvalue weighted by Gasteiger charge is 2.44. The van der Waals surface area contributed by atoms with Crippen LogP contribution in [0.4, 0.5) is 0 Å². The highest BCUT2D eigenvalue weighted by molar-refractivity contribution is 8.14. The van der Waals surface area contributed by atoms with E-state index < -0.39 is 0 Å². The van der Waals surface area contributed by atoms with Crippen LogP contribution in [0.2, 0.25) is 0 Å². The monoisotopic (exact) mass is 400 g/mol. The Morgan fingerprint density at radius 2 is 2.14 bits per heavy atom. The van der Waals surface area contributed by atoms with E-state index in [-0.39, 0.29) is 18.1 Å². The number of hydrazine groups is 1. The SMILES string of the molecule is CC(C)CCNC(=O)CSC1=NNC2C3CC(c4ccccc4)NN3C=CN12. The third kappa shape index (κ3) is 4.12. The molecule has 8 heteroatoms. The van der Waals surface area contributed by atoms with Crippen LogP contribution >= 0.6 is 11.8 Å². The van der Waals surface area contributed by atoms with Crippen molar-refractivity contribution >= 4 is 22.8 Å². The van der Waals surface area contributed by atoms with E-state index in [2.05, 4.69) is 75.5 Å². The highest BCUT2D eigenvalue weighted by atomic mass is 32.2. The smallest absolute Gasteiger partial charge is 0.230 e. The van der Waals surface area contributed by atoms with E-state index in [1.807, 2.05) is 12.3 Å². The van der Waals surface area contributed by atoms with Crippen LogP contribution < -0.4 is 16.2 Å². The normalized spacial score (nSPS) is 25.4. The van der Waals surface area contributed by atoms with Gasteiger partial charge in [0, 0.05) is 18.9 Å². The molecular formula is C20H28N6OS. The summed E-state index contributed by atoms with van der Waals surface area (Å²) in [4.78, 5) is 14.2. The first kappa shape index (κ1) is 19.1. The van der Waals surface area contributed by atoms with Gasteiger partial charge in [0.25, 0.3) is 0 Å². The summed E-state index contributed by atoms with van der Waals surface area (Å²) in [5.74, 6) is 1.04. The first-order valence-electron chi connectivity index (χ1n) is 9.90. The van der Waals surface area contributed by atoms with Crippen molar-refractivity contribution in [3.05, 3.63) is 48.3 Å². The quantitative estimate of drug-likeness (QED) is 0.680. The molecule has 3 aliphatic heterocycles. The number of hydrazone groups is 1. The van der Waals surface area contributed by atoms with E-state index in [0.29, 0.717) is 17.7 Å². The van der Waals surface area contributed by atoms with Crippen LogP contribution in [-0.2, 0) is 4.79 Å². The molecule has 1 aromatic rings.